The van der Waals surface area contributed by atoms with Crippen LogP contribution in [0.15, 0.2) is 41.6 Å². The highest BCUT2D eigenvalue weighted by atomic mass is 32.2. The molecule has 2 rings (SSSR count). The van der Waals surface area contributed by atoms with E-state index in [9.17, 15) is 8.42 Å². The summed E-state index contributed by atoms with van der Waals surface area (Å²) >= 11 is 0. The first-order chi connectivity index (χ1) is 9.90. The molecule has 0 saturated heterocycles. The molecule has 2 heterocycles. The number of pyridine rings is 2. The van der Waals surface area contributed by atoms with Crippen LogP contribution in [-0.4, -0.2) is 24.5 Å². The van der Waals surface area contributed by atoms with Crippen molar-refractivity contribution < 1.29 is 13.2 Å². The SMILES string of the molecule is CC(C)Oc1ncccc1NS(=O)(=O)c1cccnc1N. The molecule has 7 nitrogen and oxygen atoms in total. The lowest BCUT2D eigenvalue weighted by molar-refractivity contribution is 0.234. The number of nitrogens with two attached hydrogens (primary N) is 1. The normalized spacial score (nSPS) is 11.4. The third-order valence-electron chi connectivity index (χ3n) is 2.45. The lowest BCUT2D eigenvalue weighted by atomic mass is 10.4. The van der Waals surface area contributed by atoms with E-state index in [2.05, 4.69) is 14.7 Å². The molecule has 0 aliphatic carbocycles. The van der Waals surface area contributed by atoms with E-state index in [4.69, 9.17) is 10.5 Å². The summed E-state index contributed by atoms with van der Waals surface area (Å²) in [7, 11) is -3.86. The topological polar surface area (TPSA) is 107 Å². The molecule has 21 heavy (non-hydrogen) atoms. The molecular formula is C13H16N4O3S. The van der Waals surface area contributed by atoms with Gasteiger partial charge in [0.15, 0.2) is 0 Å². The molecule has 0 amide bonds. The van der Waals surface area contributed by atoms with Gasteiger partial charge in [0, 0.05) is 12.4 Å². The van der Waals surface area contributed by atoms with Crippen molar-refractivity contribution in [2.24, 2.45) is 0 Å². The van der Waals surface area contributed by atoms with Gasteiger partial charge in [0.25, 0.3) is 10.0 Å². The van der Waals surface area contributed by atoms with Crippen molar-refractivity contribution in [2.75, 3.05) is 10.5 Å². The number of anilines is 2. The van der Waals surface area contributed by atoms with Crippen molar-refractivity contribution >= 4 is 21.5 Å². The van der Waals surface area contributed by atoms with Gasteiger partial charge in [-0.2, -0.15) is 0 Å². The van der Waals surface area contributed by atoms with Crippen molar-refractivity contribution in [3.63, 3.8) is 0 Å². The Hall–Kier alpha value is -2.35. The summed E-state index contributed by atoms with van der Waals surface area (Å²) in [6.07, 6.45) is 2.81. The fraction of sp³-hybridized carbons (Fsp3) is 0.231. The van der Waals surface area contributed by atoms with Crippen molar-refractivity contribution in [1.82, 2.24) is 9.97 Å². The Morgan fingerprint density at radius 1 is 1.19 bits per heavy atom. The molecule has 0 radical (unpaired) electrons. The van der Waals surface area contributed by atoms with Gasteiger partial charge in [-0.1, -0.05) is 0 Å². The molecule has 2 aromatic heterocycles. The predicted octanol–water partition coefficient (Wildman–Crippen LogP) is 1.65. The van der Waals surface area contributed by atoms with Crippen LogP contribution in [0.1, 0.15) is 13.8 Å². The van der Waals surface area contributed by atoms with Gasteiger partial charge < -0.3 is 10.5 Å². The lowest BCUT2D eigenvalue weighted by Gasteiger charge is -2.14. The number of nitrogens with one attached hydrogen (secondary N) is 1. The van der Waals surface area contributed by atoms with Gasteiger partial charge in [0.1, 0.15) is 16.4 Å². The van der Waals surface area contributed by atoms with Crippen LogP contribution >= 0.6 is 0 Å². The van der Waals surface area contributed by atoms with Crippen molar-refractivity contribution in [3.05, 3.63) is 36.7 Å². The van der Waals surface area contributed by atoms with Crippen LogP contribution in [0.5, 0.6) is 5.88 Å². The van der Waals surface area contributed by atoms with Crippen LogP contribution in [0, 0.1) is 0 Å². The summed E-state index contributed by atoms with van der Waals surface area (Å²) in [6.45, 7) is 3.65. The lowest BCUT2D eigenvalue weighted by Crippen LogP contribution is -2.17. The molecule has 0 fully saturated rings. The van der Waals surface area contributed by atoms with Gasteiger partial charge in [0.2, 0.25) is 5.88 Å². The van der Waals surface area contributed by atoms with E-state index in [1.165, 1.54) is 24.5 Å². The maximum absolute atomic E-state index is 12.3. The fourth-order valence-corrected chi connectivity index (χ4v) is 2.76. The number of nitrogen functional groups attached to an aromatic ring is 1. The van der Waals surface area contributed by atoms with E-state index in [0.29, 0.717) is 0 Å². The Labute approximate surface area is 123 Å². The predicted molar refractivity (Wildman–Crippen MR) is 79.5 cm³/mol. The number of hydrogen-bond donors (Lipinski definition) is 2. The average Bonchev–Trinajstić information content (AvgIpc) is 2.40. The number of hydrogen-bond acceptors (Lipinski definition) is 6. The third kappa shape index (κ3) is 3.60. The van der Waals surface area contributed by atoms with E-state index < -0.39 is 10.0 Å². The van der Waals surface area contributed by atoms with Gasteiger partial charge in [-0.15, -0.1) is 0 Å². The minimum Gasteiger partial charge on any atom is -0.473 e. The van der Waals surface area contributed by atoms with E-state index in [-0.39, 0.29) is 28.4 Å². The summed E-state index contributed by atoms with van der Waals surface area (Å²) in [5, 5.41) is 0. The molecule has 3 N–H and O–H groups in total. The van der Waals surface area contributed by atoms with Crippen LogP contribution in [-0.2, 0) is 10.0 Å². The highest BCUT2D eigenvalue weighted by Gasteiger charge is 2.20. The smallest absolute Gasteiger partial charge is 0.265 e. The van der Waals surface area contributed by atoms with Crippen LogP contribution in [0.25, 0.3) is 0 Å². The van der Waals surface area contributed by atoms with Gasteiger partial charge in [-0.05, 0) is 38.1 Å². The quantitative estimate of drug-likeness (QED) is 0.869. The zero-order valence-corrected chi connectivity index (χ0v) is 12.5. The van der Waals surface area contributed by atoms with Gasteiger partial charge in [-0.25, -0.2) is 18.4 Å². The number of ether oxygens (including phenoxy) is 1. The second-order valence-electron chi connectivity index (χ2n) is 4.51. The molecule has 2 aromatic rings. The van der Waals surface area contributed by atoms with Gasteiger partial charge >= 0.3 is 0 Å². The molecular weight excluding hydrogens is 292 g/mol. The highest BCUT2D eigenvalue weighted by molar-refractivity contribution is 7.92. The molecule has 0 atom stereocenters. The van der Waals surface area contributed by atoms with E-state index >= 15 is 0 Å². The van der Waals surface area contributed by atoms with Crippen LogP contribution in [0.2, 0.25) is 0 Å². The van der Waals surface area contributed by atoms with Gasteiger partial charge in [-0.3, -0.25) is 4.72 Å². The number of sulfonamides is 1. The second-order valence-corrected chi connectivity index (χ2v) is 6.17. The second kappa shape index (κ2) is 5.96. The molecule has 0 aromatic carbocycles. The summed E-state index contributed by atoms with van der Waals surface area (Å²) in [5.41, 5.74) is 5.85. The standard InChI is InChI=1S/C13H16N4O3S/c1-9(2)20-13-10(5-3-8-16-13)17-21(18,19)11-6-4-7-15-12(11)14/h3-9,17H,1-2H3,(H2,14,15). The maximum atomic E-state index is 12.3. The molecule has 0 aliphatic rings. The summed E-state index contributed by atoms with van der Waals surface area (Å²) < 4.78 is 32.6. The number of rotatable bonds is 5. The zero-order chi connectivity index (χ0) is 15.5. The minimum atomic E-state index is -3.86. The first kappa shape index (κ1) is 15.0. The zero-order valence-electron chi connectivity index (χ0n) is 11.6. The van der Waals surface area contributed by atoms with Crippen LogP contribution in [0.4, 0.5) is 11.5 Å². The van der Waals surface area contributed by atoms with Gasteiger partial charge in [0.05, 0.1) is 6.10 Å². The third-order valence-corrected chi connectivity index (χ3v) is 3.86. The molecule has 0 unspecified atom stereocenters. The van der Waals surface area contributed by atoms with Crippen molar-refractivity contribution in [1.29, 1.82) is 0 Å². The first-order valence-electron chi connectivity index (χ1n) is 6.25. The van der Waals surface area contributed by atoms with Crippen LogP contribution < -0.4 is 15.2 Å². The molecule has 112 valence electrons. The Morgan fingerprint density at radius 2 is 1.86 bits per heavy atom. The average molecular weight is 308 g/mol. The Bertz CT molecular complexity index is 732. The highest BCUT2D eigenvalue weighted by Crippen LogP contribution is 2.26. The molecule has 8 heteroatoms. The Kier molecular flexibility index (Phi) is 4.27. The summed E-state index contributed by atoms with van der Waals surface area (Å²) in [6, 6.07) is 6.05. The van der Waals surface area contributed by atoms with Crippen molar-refractivity contribution in [2.45, 2.75) is 24.8 Å². The Balaban J connectivity index is 2.36. The monoisotopic (exact) mass is 308 g/mol. The largest absolute Gasteiger partial charge is 0.473 e. The summed E-state index contributed by atoms with van der Waals surface area (Å²) in [4.78, 5) is 7.70. The minimum absolute atomic E-state index is 0.0692. The fourth-order valence-electron chi connectivity index (χ4n) is 1.62. The Morgan fingerprint density at radius 3 is 2.52 bits per heavy atom. The number of nitrogens with zero attached hydrogens (tertiary/aromatic N) is 2. The van der Waals surface area contributed by atoms with E-state index in [1.807, 2.05) is 13.8 Å². The number of aromatic nitrogens is 2. The molecule has 0 saturated carbocycles. The maximum Gasteiger partial charge on any atom is 0.265 e. The van der Waals surface area contributed by atoms with E-state index in [1.54, 1.807) is 12.1 Å². The van der Waals surface area contributed by atoms with Crippen LogP contribution in [0.3, 0.4) is 0 Å². The van der Waals surface area contributed by atoms with E-state index in [0.717, 1.165) is 0 Å². The first-order valence-corrected chi connectivity index (χ1v) is 7.73. The summed E-state index contributed by atoms with van der Waals surface area (Å²) in [5.74, 6) is 0.138. The molecule has 0 bridgehead atoms. The molecule has 0 spiro atoms. The molecule has 0 aliphatic heterocycles. The van der Waals surface area contributed by atoms with Crippen molar-refractivity contribution in [3.8, 4) is 5.88 Å².